The number of fused-ring (bicyclic) bond motifs is 9. The van der Waals surface area contributed by atoms with Crippen molar-refractivity contribution in [3.8, 4) is 16.9 Å². The number of hydrogen-bond acceptors (Lipinski definition) is 2. The van der Waals surface area contributed by atoms with E-state index >= 15 is 0 Å². The summed E-state index contributed by atoms with van der Waals surface area (Å²) in [6.07, 6.45) is 1.91. The zero-order valence-corrected chi connectivity index (χ0v) is 20.0. The fourth-order valence-electron chi connectivity index (χ4n) is 5.77. The molecule has 0 fully saturated rings. The minimum Gasteiger partial charge on any atom is -0.309 e. The molecule has 172 valence electrons. The highest BCUT2D eigenvalue weighted by Gasteiger charge is 2.14. The summed E-state index contributed by atoms with van der Waals surface area (Å²) in [5.41, 5.74) is 7.30. The Kier molecular flexibility index (Phi) is 4.23. The molecule has 8 rings (SSSR count). The number of nitrogens with zero attached hydrogens (tertiary/aromatic N) is 3. The number of aromatic nitrogens is 3. The van der Waals surface area contributed by atoms with Gasteiger partial charge in [-0.25, -0.2) is 4.98 Å². The second kappa shape index (κ2) is 7.74. The third-order valence-electron chi connectivity index (χ3n) is 7.41. The van der Waals surface area contributed by atoms with Crippen LogP contribution >= 0.6 is 0 Å². The first-order valence-electron chi connectivity index (χ1n) is 12.5. The van der Waals surface area contributed by atoms with Gasteiger partial charge in [-0.3, -0.25) is 4.98 Å². The molecule has 3 nitrogen and oxygen atoms in total. The van der Waals surface area contributed by atoms with Crippen LogP contribution in [-0.4, -0.2) is 14.5 Å². The van der Waals surface area contributed by atoms with Gasteiger partial charge in [-0.15, -0.1) is 0 Å². The van der Waals surface area contributed by atoms with Gasteiger partial charge in [0.05, 0.1) is 34.0 Å². The van der Waals surface area contributed by atoms with E-state index in [1.807, 2.05) is 6.20 Å². The first-order valence-corrected chi connectivity index (χ1v) is 12.5. The van der Waals surface area contributed by atoms with Crippen molar-refractivity contribution in [2.24, 2.45) is 0 Å². The van der Waals surface area contributed by atoms with E-state index in [4.69, 9.17) is 9.97 Å². The van der Waals surface area contributed by atoms with E-state index in [0.717, 1.165) is 38.8 Å². The lowest BCUT2D eigenvalue weighted by Crippen LogP contribution is -1.96. The maximum atomic E-state index is 5.20. The fraction of sp³-hybridized carbons (Fsp3) is 0. The minimum absolute atomic E-state index is 0.871. The Morgan fingerprint density at radius 1 is 0.459 bits per heavy atom. The van der Waals surface area contributed by atoms with E-state index in [0.29, 0.717) is 0 Å². The van der Waals surface area contributed by atoms with E-state index in [2.05, 4.69) is 126 Å². The molecule has 0 radical (unpaired) electrons. The van der Waals surface area contributed by atoms with Crippen molar-refractivity contribution in [1.82, 2.24) is 14.5 Å². The highest BCUT2D eigenvalue weighted by atomic mass is 15.0. The van der Waals surface area contributed by atoms with E-state index in [9.17, 15) is 0 Å². The Labute approximate surface area is 213 Å². The summed E-state index contributed by atoms with van der Waals surface area (Å²) >= 11 is 0. The topological polar surface area (TPSA) is 30.7 Å². The molecule has 0 spiro atoms. The molecule has 0 saturated heterocycles. The Hall–Kier alpha value is -5.02. The van der Waals surface area contributed by atoms with Gasteiger partial charge < -0.3 is 4.57 Å². The molecule has 0 aliphatic heterocycles. The molecule has 0 atom stereocenters. The van der Waals surface area contributed by atoms with Crippen LogP contribution in [0.4, 0.5) is 0 Å². The number of para-hydroxylation sites is 2. The summed E-state index contributed by atoms with van der Waals surface area (Å²) in [6, 6.07) is 42.8. The highest BCUT2D eigenvalue weighted by Crippen LogP contribution is 2.35. The molecule has 2 aromatic heterocycles. The van der Waals surface area contributed by atoms with Crippen molar-refractivity contribution in [2.75, 3.05) is 0 Å². The maximum Gasteiger partial charge on any atom is 0.0979 e. The summed E-state index contributed by atoms with van der Waals surface area (Å²) in [6.45, 7) is 0. The maximum absolute atomic E-state index is 5.20. The van der Waals surface area contributed by atoms with Crippen LogP contribution in [0.25, 0.3) is 71.3 Å². The Bertz CT molecular complexity index is 2060. The molecule has 0 unspecified atom stereocenters. The quantitative estimate of drug-likeness (QED) is 0.236. The van der Waals surface area contributed by atoms with Gasteiger partial charge in [-0.2, -0.15) is 0 Å². The standard InChI is InChI=1S/C34H21N3/c1-3-16-28-24(12-1)25-13-2-4-17-29(25)34-33(28)35-21-30(36-34)22-10-9-11-23(20-22)37-31-18-7-5-14-26(31)27-15-6-8-19-32(27)37/h1-21H. The SMILES string of the molecule is c1cc(-c2cnc3c4ccccc4c4ccccc4c3n2)cc(-n2c3ccccc3c3ccccc32)c1. The molecule has 0 saturated carbocycles. The van der Waals surface area contributed by atoms with E-state index in [1.54, 1.807) is 0 Å². The molecule has 0 aliphatic carbocycles. The van der Waals surface area contributed by atoms with Crippen molar-refractivity contribution < 1.29 is 0 Å². The van der Waals surface area contributed by atoms with Crippen LogP contribution in [0.2, 0.25) is 0 Å². The zero-order chi connectivity index (χ0) is 24.3. The molecule has 2 heterocycles. The number of rotatable bonds is 2. The first-order chi connectivity index (χ1) is 18.4. The van der Waals surface area contributed by atoms with E-state index < -0.39 is 0 Å². The molecular weight excluding hydrogens is 450 g/mol. The molecular formula is C34H21N3. The van der Waals surface area contributed by atoms with E-state index in [-0.39, 0.29) is 0 Å². The molecule has 0 bridgehead atoms. The Morgan fingerprint density at radius 3 is 1.65 bits per heavy atom. The van der Waals surface area contributed by atoms with Crippen LogP contribution in [0.3, 0.4) is 0 Å². The molecule has 6 aromatic carbocycles. The predicted octanol–water partition coefficient (Wildman–Crippen LogP) is 8.70. The largest absolute Gasteiger partial charge is 0.309 e. The highest BCUT2D eigenvalue weighted by molar-refractivity contribution is 6.23. The van der Waals surface area contributed by atoms with Crippen LogP contribution in [-0.2, 0) is 0 Å². The van der Waals surface area contributed by atoms with Crippen molar-refractivity contribution in [2.45, 2.75) is 0 Å². The van der Waals surface area contributed by atoms with Crippen molar-refractivity contribution in [3.05, 3.63) is 128 Å². The summed E-state index contributed by atoms with van der Waals surface area (Å²) in [7, 11) is 0. The van der Waals surface area contributed by atoms with Gasteiger partial charge in [-0.1, -0.05) is 97.1 Å². The molecule has 37 heavy (non-hydrogen) atoms. The average molecular weight is 472 g/mol. The second-order valence-electron chi connectivity index (χ2n) is 9.46. The smallest absolute Gasteiger partial charge is 0.0979 e. The Morgan fingerprint density at radius 2 is 1.00 bits per heavy atom. The molecule has 0 aliphatic rings. The average Bonchev–Trinajstić information content (AvgIpc) is 3.32. The molecule has 8 aromatic rings. The Balaban J connectivity index is 1.38. The summed E-state index contributed by atoms with van der Waals surface area (Å²) in [5.74, 6) is 0. The second-order valence-corrected chi connectivity index (χ2v) is 9.46. The van der Waals surface area contributed by atoms with Gasteiger partial charge >= 0.3 is 0 Å². The lowest BCUT2D eigenvalue weighted by Gasteiger charge is -2.12. The zero-order valence-electron chi connectivity index (χ0n) is 20.0. The summed E-state index contributed by atoms with van der Waals surface area (Å²) in [4.78, 5) is 10.2. The lowest BCUT2D eigenvalue weighted by atomic mass is 9.99. The van der Waals surface area contributed by atoms with Gasteiger partial charge in [-0.05, 0) is 35.0 Å². The van der Waals surface area contributed by atoms with E-state index in [1.165, 1.54) is 32.6 Å². The third-order valence-corrected chi connectivity index (χ3v) is 7.41. The molecule has 0 amide bonds. The summed E-state index contributed by atoms with van der Waals surface area (Å²) < 4.78 is 2.34. The lowest BCUT2D eigenvalue weighted by molar-refractivity contribution is 1.18. The van der Waals surface area contributed by atoms with Crippen LogP contribution in [0, 0.1) is 0 Å². The van der Waals surface area contributed by atoms with Gasteiger partial charge in [0.2, 0.25) is 0 Å². The van der Waals surface area contributed by atoms with Gasteiger partial charge in [0.1, 0.15) is 0 Å². The molecule has 3 heteroatoms. The monoisotopic (exact) mass is 471 g/mol. The van der Waals surface area contributed by atoms with Crippen molar-refractivity contribution in [3.63, 3.8) is 0 Å². The number of hydrogen-bond donors (Lipinski definition) is 0. The van der Waals surface area contributed by atoms with Crippen molar-refractivity contribution >= 4 is 54.4 Å². The van der Waals surface area contributed by atoms with Crippen LogP contribution in [0.5, 0.6) is 0 Å². The normalized spacial score (nSPS) is 11.8. The first kappa shape index (κ1) is 20.2. The summed E-state index contributed by atoms with van der Waals surface area (Å²) in [5, 5.41) is 7.19. The van der Waals surface area contributed by atoms with Crippen molar-refractivity contribution in [1.29, 1.82) is 0 Å². The van der Waals surface area contributed by atoms with Crippen LogP contribution in [0.1, 0.15) is 0 Å². The fourth-order valence-corrected chi connectivity index (χ4v) is 5.77. The molecule has 0 N–H and O–H groups in total. The van der Waals surface area contributed by atoms with Gasteiger partial charge in [0, 0.05) is 32.8 Å². The minimum atomic E-state index is 0.871. The van der Waals surface area contributed by atoms with Gasteiger partial charge in [0.25, 0.3) is 0 Å². The van der Waals surface area contributed by atoms with Gasteiger partial charge in [0.15, 0.2) is 0 Å². The number of benzene rings is 6. The third kappa shape index (κ3) is 2.95. The van der Waals surface area contributed by atoms with Crippen LogP contribution < -0.4 is 0 Å². The predicted molar refractivity (Wildman–Crippen MR) is 154 cm³/mol. The van der Waals surface area contributed by atoms with Crippen LogP contribution in [0.15, 0.2) is 128 Å².